The van der Waals surface area contributed by atoms with Crippen LogP contribution >= 0.6 is 0 Å². The topological polar surface area (TPSA) is 58.2 Å². The average molecular weight is 352 g/mol. The van der Waals surface area contributed by atoms with Crippen molar-refractivity contribution in [3.63, 3.8) is 0 Å². The van der Waals surface area contributed by atoms with E-state index in [0.717, 1.165) is 22.3 Å². The summed E-state index contributed by atoms with van der Waals surface area (Å²) < 4.78 is 0. The molecule has 0 saturated carbocycles. The smallest absolute Gasteiger partial charge is 0.252 e. The fourth-order valence-electron chi connectivity index (χ4n) is 3.06. The fourth-order valence-corrected chi connectivity index (χ4v) is 3.06. The summed E-state index contributed by atoms with van der Waals surface area (Å²) in [6.45, 7) is 11.7. The van der Waals surface area contributed by atoms with Crippen LogP contribution < -0.4 is 10.6 Å². The molecular formula is C22H28N2O2. The van der Waals surface area contributed by atoms with Crippen LogP contribution in [0.15, 0.2) is 36.4 Å². The van der Waals surface area contributed by atoms with Gasteiger partial charge in [0.15, 0.2) is 0 Å². The molecule has 2 amide bonds. The minimum absolute atomic E-state index is 0.0384. The van der Waals surface area contributed by atoms with Gasteiger partial charge in [0.1, 0.15) is 0 Å². The van der Waals surface area contributed by atoms with Gasteiger partial charge in [-0.05, 0) is 75.9 Å². The van der Waals surface area contributed by atoms with E-state index < -0.39 is 0 Å². The monoisotopic (exact) mass is 352 g/mol. The normalized spacial score (nSPS) is 10.9. The van der Waals surface area contributed by atoms with Gasteiger partial charge in [-0.25, -0.2) is 0 Å². The van der Waals surface area contributed by atoms with Crippen molar-refractivity contribution in [2.75, 3.05) is 0 Å². The summed E-state index contributed by atoms with van der Waals surface area (Å²) in [6, 6.07) is 11.4. The second kappa shape index (κ2) is 8.17. The van der Waals surface area contributed by atoms with Crippen LogP contribution in [0.25, 0.3) is 11.1 Å². The molecule has 4 nitrogen and oxygen atoms in total. The first-order chi connectivity index (χ1) is 12.2. The Morgan fingerprint density at radius 1 is 0.692 bits per heavy atom. The van der Waals surface area contributed by atoms with Crippen LogP contribution in [0.5, 0.6) is 0 Å². The molecule has 138 valence electrons. The standard InChI is InChI=1S/C22H28N2O2/c1-13(2)23-21(25)17-11-7-9-15(5)19(17)20-16(6)10-8-12-18(20)22(26)24-14(3)4/h7-14H,1-6H3,(H,23,25)(H,24,26). The second-order valence-electron chi connectivity index (χ2n) is 7.25. The third-order valence-corrected chi connectivity index (χ3v) is 4.12. The van der Waals surface area contributed by atoms with Crippen molar-refractivity contribution in [2.24, 2.45) is 0 Å². The minimum atomic E-state index is -0.128. The lowest BCUT2D eigenvalue weighted by Gasteiger charge is -2.19. The zero-order valence-electron chi connectivity index (χ0n) is 16.4. The number of carbonyl (C=O) groups is 2. The highest BCUT2D eigenvalue weighted by molar-refractivity contribution is 6.07. The molecule has 4 heteroatoms. The van der Waals surface area contributed by atoms with Crippen LogP contribution in [-0.4, -0.2) is 23.9 Å². The Hall–Kier alpha value is -2.62. The zero-order chi connectivity index (χ0) is 19.4. The van der Waals surface area contributed by atoms with Crippen molar-refractivity contribution in [3.8, 4) is 11.1 Å². The summed E-state index contributed by atoms with van der Waals surface area (Å²) in [4.78, 5) is 25.5. The van der Waals surface area contributed by atoms with Gasteiger partial charge in [-0.2, -0.15) is 0 Å². The minimum Gasteiger partial charge on any atom is -0.350 e. The fraction of sp³-hybridized carbons (Fsp3) is 0.364. The van der Waals surface area contributed by atoms with Gasteiger partial charge in [0.2, 0.25) is 0 Å². The van der Waals surface area contributed by atoms with Crippen molar-refractivity contribution < 1.29 is 9.59 Å². The van der Waals surface area contributed by atoms with Crippen molar-refractivity contribution in [3.05, 3.63) is 58.7 Å². The van der Waals surface area contributed by atoms with E-state index >= 15 is 0 Å². The van der Waals surface area contributed by atoms with Crippen LogP contribution in [0.1, 0.15) is 59.5 Å². The molecule has 2 aromatic carbocycles. The third-order valence-electron chi connectivity index (χ3n) is 4.12. The zero-order valence-corrected chi connectivity index (χ0v) is 16.4. The maximum Gasteiger partial charge on any atom is 0.252 e. The molecule has 0 bridgehead atoms. The Kier molecular flexibility index (Phi) is 6.19. The number of aryl methyl sites for hydroxylation is 2. The number of benzene rings is 2. The summed E-state index contributed by atoms with van der Waals surface area (Å²) >= 11 is 0. The van der Waals surface area contributed by atoms with Gasteiger partial charge in [-0.1, -0.05) is 24.3 Å². The van der Waals surface area contributed by atoms with E-state index in [1.54, 1.807) is 0 Å². The molecule has 0 unspecified atom stereocenters. The molecule has 0 saturated heterocycles. The number of carbonyl (C=O) groups excluding carboxylic acids is 2. The predicted molar refractivity (Wildman–Crippen MR) is 107 cm³/mol. The lowest BCUT2D eigenvalue weighted by molar-refractivity contribution is 0.0933. The molecule has 0 aliphatic rings. The third kappa shape index (κ3) is 4.31. The van der Waals surface area contributed by atoms with Gasteiger partial charge in [0.25, 0.3) is 11.8 Å². The highest BCUT2D eigenvalue weighted by Gasteiger charge is 2.22. The first-order valence-electron chi connectivity index (χ1n) is 9.03. The van der Waals surface area contributed by atoms with Gasteiger partial charge in [0.05, 0.1) is 0 Å². The molecule has 2 N–H and O–H groups in total. The molecule has 0 radical (unpaired) electrons. The first kappa shape index (κ1) is 19.7. The van der Waals surface area contributed by atoms with E-state index in [0.29, 0.717) is 11.1 Å². The predicted octanol–water partition coefficient (Wildman–Crippen LogP) is 4.25. The molecule has 26 heavy (non-hydrogen) atoms. The van der Waals surface area contributed by atoms with E-state index in [-0.39, 0.29) is 23.9 Å². The van der Waals surface area contributed by atoms with E-state index in [9.17, 15) is 9.59 Å². The Morgan fingerprint density at radius 2 is 1.04 bits per heavy atom. The van der Waals surface area contributed by atoms with Crippen molar-refractivity contribution >= 4 is 11.8 Å². The maximum absolute atomic E-state index is 12.8. The Balaban J connectivity index is 2.69. The summed E-state index contributed by atoms with van der Waals surface area (Å²) in [5.74, 6) is -0.255. The van der Waals surface area contributed by atoms with E-state index in [1.165, 1.54) is 0 Å². The molecule has 0 spiro atoms. The summed E-state index contributed by atoms with van der Waals surface area (Å²) in [5.41, 5.74) is 4.75. The Morgan fingerprint density at radius 3 is 1.35 bits per heavy atom. The lowest BCUT2D eigenvalue weighted by atomic mass is 9.88. The summed E-state index contributed by atoms with van der Waals surface area (Å²) in [7, 11) is 0. The van der Waals surface area contributed by atoms with Gasteiger partial charge >= 0.3 is 0 Å². The van der Waals surface area contributed by atoms with Crippen LogP contribution in [0.2, 0.25) is 0 Å². The van der Waals surface area contributed by atoms with Gasteiger partial charge < -0.3 is 10.6 Å². The first-order valence-corrected chi connectivity index (χ1v) is 9.03. The van der Waals surface area contributed by atoms with Crippen molar-refractivity contribution in [1.29, 1.82) is 0 Å². The number of hydrogen-bond acceptors (Lipinski definition) is 2. The molecule has 0 heterocycles. The van der Waals surface area contributed by atoms with Crippen molar-refractivity contribution in [1.82, 2.24) is 10.6 Å². The highest BCUT2D eigenvalue weighted by atomic mass is 16.2. The molecule has 2 aromatic rings. The number of rotatable bonds is 5. The number of hydrogen-bond donors (Lipinski definition) is 2. The second-order valence-corrected chi connectivity index (χ2v) is 7.25. The molecule has 2 rings (SSSR count). The molecule has 0 aliphatic heterocycles. The van der Waals surface area contributed by atoms with Crippen molar-refractivity contribution in [2.45, 2.75) is 53.6 Å². The van der Waals surface area contributed by atoms with Crippen LogP contribution in [-0.2, 0) is 0 Å². The summed E-state index contributed by atoms with van der Waals surface area (Å²) in [5, 5.41) is 5.91. The van der Waals surface area contributed by atoms with Crippen LogP contribution in [0.3, 0.4) is 0 Å². The molecule has 0 aromatic heterocycles. The molecular weight excluding hydrogens is 324 g/mol. The Labute approximate surface area is 156 Å². The molecule has 0 aliphatic carbocycles. The van der Waals surface area contributed by atoms with Crippen LogP contribution in [0, 0.1) is 13.8 Å². The molecule has 0 fully saturated rings. The Bertz CT molecular complexity index is 753. The quantitative estimate of drug-likeness (QED) is 0.845. The number of nitrogens with one attached hydrogen (secondary N) is 2. The van der Waals surface area contributed by atoms with E-state index in [2.05, 4.69) is 10.6 Å². The van der Waals surface area contributed by atoms with Gasteiger partial charge in [-0.3, -0.25) is 9.59 Å². The van der Waals surface area contributed by atoms with E-state index in [4.69, 9.17) is 0 Å². The van der Waals surface area contributed by atoms with Gasteiger partial charge in [0, 0.05) is 23.2 Å². The van der Waals surface area contributed by atoms with Gasteiger partial charge in [-0.15, -0.1) is 0 Å². The average Bonchev–Trinajstić information content (AvgIpc) is 2.53. The number of amides is 2. The maximum atomic E-state index is 12.8. The lowest BCUT2D eigenvalue weighted by Crippen LogP contribution is -2.32. The highest BCUT2D eigenvalue weighted by Crippen LogP contribution is 2.33. The largest absolute Gasteiger partial charge is 0.350 e. The SMILES string of the molecule is Cc1cccc(C(=O)NC(C)C)c1-c1c(C)cccc1C(=O)NC(C)C. The summed E-state index contributed by atoms with van der Waals surface area (Å²) in [6.07, 6.45) is 0. The van der Waals surface area contributed by atoms with Crippen LogP contribution in [0.4, 0.5) is 0 Å². The van der Waals surface area contributed by atoms with E-state index in [1.807, 2.05) is 77.9 Å². The molecule has 0 atom stereocenters.